The zero-order valence-electron chi connectivity index (χ0n) is 10.7. The predicted molar refractivity (Wildman–Crippen MR) is 74.3 cm³/mol. The fourth-order valence-corrected chi connectivity index (χ4v) is 3.84. The Labute approximate surface area is 112 Å². The van der Waals surface area contributed by atoms with Gasteiger partial charge >= 0.3 is 0 Å². The van der Waals surface area contributed by atoms with E-state index in [9.17, 15) is 12.8 Å². The second kappa shape index (κ2) is 6.54. The standard InChI is InChI=1S/C12H18FNO2S2/c1-9(14-2)10-5-4-6-11(13)12(10)17-7-8-18(3,15)16/h4-6,9,14H,7-8H2,1-3H3. The molecule has 102 valence electrons. The monoisotopic (exact) mass is 291 g/mol. The lowest BCUT2D eigenvalue weighted by molar-refractivity contribution is 0.575. The number of thioether (sulfide) groups is 1. The zero-order chi connectivity index (χ0) is 13.8. The molecule has 0 saturated carbocycles. The van der Waals surface area contributed by atoms with Crippen LogP contribution in [-0.2, 0) is 9.84 Å². The van der Waals surface area contributed by atoms with Crippen molar-refractivity contribution < 1.29 is 12.8 Å². The normalized spacial score (nSPS) is 13.6. The first-order chi connectivity index (χ1) is 8.35. The molecule has 6 heteroatoms. The van der Waals surface area contributed by atoms with Gasteiger partial charge in [-0.05, 0) is 25.6 Å². The maximum atomic E-state index is 13.8. The van der Waals surface area contributed by atoms with Crippen LogP contribution in [0.5, 0.6) is 0 Å². The summed E-state index contributed by atoms with van der Waals surface area (Å²) in [6.07, 6.45) is 1.19. The molecule has 1 rings (SSSR count). The molecular formula is C12H18FNO2S2. The summed E-state index contributed by atoms with van der Waals surface area (Å²) < 4.78 is 35.9. The predicted octanol–water partition coefficient (Wildman–Crippen LogP) is 2.24. The van der Waals surface area contributed by atoms with Crippen LogP contribution < -0.4 is 5.32 Å². The number of halogens is 1. The Bertz CT molecular complexity index is 503. The molecule has 1 unspecified atom stereocenters. The lowest BCUT2D eigenvalue weighted by atomic mass is 10.1. The van der Waals surface area contributed by atoms with Gasteiger partial charge in [0.1, 0.15) is 15.7 Å². The highest BCUT2D eigenvalue weighted by Gasteiger charge is 2.14. The first-order valence-electron chi connectivity index (χ1n) is 5.61. The van der Waals surface area contributed by atoms with Crippen molar-refractivity contribution in [3.63, 3.8) is 0 Å². The first-order valence-corrected chi connectivity index (χ1v) is 8.66. The molecule has 0 aliphatic heterocycles. The molecule has 1 aromatic rings. The van der Waals surface area contributed by atoms with Crippen LogP contribution >= 0.6 is 11.8 Å². The quantitative estimate of drug-likeness (QED) is 0.817. The third-order valence-corrected chi connectivity index (χ3v) is 4.93. The zero-order valence-corrected chi connectivity index (χ0v) is 12.4. The second-order valence-electron chi connectivity index (χ2n) is 4.15. The maximum absolute atomic E-state index is 13.8. The Hall–Kier alpha value is -0.590. The number of sulfone groups is 1. The SMILES string of the molecule is CNC(C)c1cccc(F)c1SCCS(C)(=O)=O. The topological polar surface area (TPSA) is 46.2 Å². The highest BCUT2D eigenvalue weighted by molar-refractivity contribution is 8.00. The van der Waals surface area contributed by atoms with Gasteiger partial charge < -0.3 is 5.32 Å². The van der Waals surface area contributed by atoms with E-state index in [1.54, 1.807) is 13.1 Å². The second-order valence-corrected chi connectivity index (χ2v) is 7.51. The van der Waals surface area contributed by atoms with Gasteiger partial charge in [0, 0.05) is 22.9 Å². The molecule has 0 bridgehead atoms. The number of rotatable bonds is 6. The molecule has 0 spiro atoms. The molecule has 1 aromatic carbocycles. The van der Waals surface area contributed by atoms with Crippen molar-refractivity contribution in [2.75, 3.05) is 24.8 Å². The van der Waals surface area contributed by atoms with Crippen molar-refractivity contribution in [2.24, 2.45) is 0 Å². The fraction of sp³-hybridized carbons (Fsp3) is 0.500. The summed E-state index contributed by atoms with van der Waals surface area (Å²) in [4.78, 5) is 0.531. The first kappa shape index (κ1) is 15.5. The number of benzene rings is 1. The molecule has 0 aromatic heterocycles. The van der Waals surface area contributed by atoms with Gasteiger partial charge in [-0.3, -0.25) is 0 Å². The van der Waals surface area contributed by atoms with E-state index in [1.165, 1.54) is 24.1 Å². The highest BCUT2D eigenvalue weighted by Crippen LogP contribution is 2.30. The minimum atomic E-state index is -3.00. The van der Waals surface area contributed by atoms with Crippen LogP contribution in [-0.4, -0.2) is 33.2 Å². The lowest BCUT2D eigenvalue weighted by Gasteiger charge is -2.15. The van der Waals surface area contributed by atoms with Gasteiger partial charge in [0.2, 0.25) is 0 Å². The van der Waals surface area contributed by atoms with E-state index in [2.05, 4.69) is 5.32 Å². The molecule has 18 heavy (non-hydrogen) atoms. The van der Waals surface area contributed by atoms with Crippen molar-refractivity contribution in [3.05, 3.63) is 29.6 Å². The van der Waals surface area contributed by atoms with Crippen LogP contribution in [0.15, 0.2) is 23.1 Å². The molecule has 0 radical (unpaired) electrons. The molecule has 1 N–H and O–H groups in total. The lowest BCUT2D eigenvalue weighted by Crippen LogP contribution is -2.14. The highest BCUT2D eigenvalue weighted by atomic mass is 32.2. The van der Waals surface area contributed by atoms with Crippen LogP contribution in [0.25, 0.3) is 0 Å². The van der Waals surface area contributed by atoms with E-state index in [0.717, 1.165) is 5.56 Å². The largest absolute Gasteiger partial charge is 0.313 e. The Morgan fingerprint density at radius 3 is 2.67 bits per heavy atom. The van der Waals surface area contributed by atoms with E-state index in [-0.39, 0.29) is 17.6 Å². The minimum absolute atomic E-state index is 0.0291. The van der Waals surface area contributed by atoms with Gasteiger partial charge in [-0.25, -0.2) is 12.8 Å². The van der Waals surface area contributed by atoms with Gasteiger partial charge in [-0.2, -0.15) is 0 Å². The summed E-state index contributed by atoms with van der Waals surface area (Å²) in [5.74, 6) is 0.121. The molecule has 0 amide bonds. The van der Waals surface area contributed by atoms with Crippen LogP contribution in [0.4, 0.5) is 4.39 Å². The third-order valence-electron chi connectivity index (χ3n) is 2.60. The van der Waals surface area contributed by atoms with Crippen molar-refractivity contribution in [1.29, 1.82) is 0 Å². The van der Waals surface area contributed by atoms with Crippen molar-refractivity contribution in [3.8, 4) is 0 Å². The van der Waals surface area contributed by atoms with Crippen LogP contribution in [0, 0.1) is 5.82 Å². The minimum Gasteiger partial charge on any atom is -0.313 e. The van der Waals surface area contributed by atoms with E-state index in [4.69, 9.17) is 0 Å². The van der Waals surface area contributed by atoms with Crippen LogP contribution in [0.1, 0.15) is 18.5 Å². The summed E-state index contributed by atoms with van der Waals surface area (Å²) in [5, 5.41) is 3.06. The molecule has 0 aliphatic carbocycles. The molecule has 0 saturated heterocycles. The molecule has 0 aliphatic rings. The molecule has 0 fully saturated rings. The van der Waals surface area contributed by atoms with Crippen molar-refractivity contribution >= 4 is 21.6 Å². The van der Waals surface area contributed by atoms with E-state index in [1.807, 2.05) is 13.0 Å². The van der Waals surface area contributed by atoms with Gasteiger partial charge in [0.05, 0.1) is 5.75 Å². The van der Waals surface area contributed by atoms with Gasteiger partial charge in [0.15, 0.2) is 0 Å². The Kier molecular flexibility index (Phi) is 5.62. The van der Waals surface area contributed by atoms with Crippen LogP contribution in [0.3, 0.4) is 0 Å². The van der Waals surface area contributed by atoms with E-state index in [0.29, 0.717) is 10.6 Å². The summed E-state index contributed by atoms with van der Waals surface area (Å²) >= 11 is 1.25. The summed E-state index contributed by atoms with van der Waals surface area (Å²) in [5.41, 5.74) is 0.857. The van der Waals surface area contributed by atoms with Crippen molar-refractivity contribution in [2.45, 2.75) is 17.9 Å². The number of hydrogen-bond acceptors (Lipinski definition) is 4. The third kappa shape index (κ3) is 4.59. The maximum Gasteiger partial charge on any atom is 0.148 e. The number of hydrogen-bond donors (Lipinski definition) is 1. The van der Waals surface area contributed by atoms with E-state index >= 15 is 0 Å². The Balaban J connectivity index is 2.86. The summed E-state index contributed by atoms with van der Waals surface area (Å²) in [6, 6.07) is 4.95. The van der Waals surface area contributed by atoms with E-state index < -0.39 is 9.84 Å². The van der Waals surface area contributed by atoms with Crippen molar-refractivity contribution in [1.82, 2.24) is 5.32 Å². The average molecular weight is 291 g/mol. The molecule has 3 nitrogen and oxygen atoms in total. The smallest absolute Gasteiger partial charge is 0.148 e. The Morgan fingerprint density at radius 2 is 2.11 bits per heavy atom. The summed E-state index contributed by atoms with van der Waals surface area (Å²) in [7, 11) is -1.20. The number of nitrogens with one attached hydrogen (secondary N) is 1. The molecular weight excluding hydrogens is 273 g/mol. The van der Waals surface area contributed by atoms with Gasteiger partial charge in [-0.15, -0.1) is 11.8 Å². The Morgan fingerprint density at radius 1 is 1.44 bits per heavy atom. The molecule has 0 heterocycles. The molecule has 1 atom stereocenters. The van der Waals surface area contributed by atoms with Gasteiger partial charge in [-0.1, -0.05) is 12.1 Å². The fourth-order valence-electron chi connectivity index (χ4n) is 1.47. The van der Waals surface area contributed by atoms with Crippen LogP contribution in [0.2, 0.25) is 0 Å². The summed E-state index contributed by atoms with van der Waals surface area (Å²) in [6.45, 7) is 1.94. The van der Waals surface area contributed by atoms with Gasteiger partial charge in [0.25, 0.3) is 0 Å². The average Bonchev–Trinajstić information content (AvgIpc) is 2.28.